The van der Waals surface area contributed by atoms with Crippen LogP contribution >= 0.6 is 12.4 Å². The highest BCUT2D eigenvalue weighted by atomic mass is 35.5. The van der Waals surface area contributed by atoms with Crippen molar-refractivity contribution in [3.05, 3.63) is 65.2 Å². The summed E-state index contributed by atoms with van der Waals surface area (Å²) in [6.45, 7) is 3.19. The van der Waals surface area contributed by atoms with Gasteiger partial charge in [-0.15, -0.1) is 12.4 Å². The number of carbonyl (C=O) groups excluding carboxylic acids is 1. The van der Waals surface area contributed by atoms with E-state index in [0.29, 0.717) is 17.9 Å². The van der Waals surface area contributed by atoms with Crippen molar-refractivity contribution >= 4 is 18.3 Å². The second kappa shape index (κ2) is 9.85. The number of piperidine rings is 1. The van der Waals surface area contributed by atoms with Gasteiger partial charge in [0.25, 0.3) is 0 Å². The van der Waals surface area contributed by atoms with Crippen molar-refractivity contribution in [1.82, 2.24) is 10.6 Å². The average molecular weight is 411 g/mol. The molecule has 152 valence electrons. The van der Waals surface area contributed by atoms with Crippen molar-refractivity contribution in [1.29, 1.82) is 0 Å². The van der Waals surface area contributed by atoms with Gasteiger partial charge in [0.05, 0.1) is 13.0 Å². The number of hydrogen-bond donors (Lipinski definition) is 2. The van der Waals surface area contributed by atoms with Crippen LogP contribution in [0.25, 0.3) is 0 Å². The summed E-state index contributed by atoms with van der Waals surface area (Å²) in [4.78, 5) is 12.8. The number of rotatable bonds is 5. The first-order valence-electron chi connectivity index (χ1n) is 9.09. The predicted molar refractivity (Wildman–Crippen MR) is 107 cm³/mol. The molecule has 2 aromatic carbocycles. The molecule has 0 bridgehead atoms. The number of benzene rings is 2. The minimum Gasteiger partial charge on any atom is -0.497 e. The Bertz CT molecular complexity index is 819. The molecule has 1 saturated heterocycles. The van der Waals surface area contributed by atoms with E-state index < -0.39 is 11.6 Å². The molecule has 1 aliphatic heterocycles. The SMILES string of the molecule is COc1cccc(C(C)C(=O)NC2CNCCC2c2ccc(F)c(F)c2)c1.Cl. The van der Waals surface area contributed by atoms with Crippen LogP contribution in [0.4, 0.5) is 8.78 Å². The van der Waals surface area contributed by atoms with Gasteiger partial charge >= 0.3 is 0 Å². The minimum atomic E-state index is -0.861. The monoisotopic (exact) mass is 410 g/mol. The highest BCUT2D eigenvalue weighted by Gasteiger charge is 2.30. The third kappa shape index (κ3) is 5.00. The van der Waals surface area contributed by atoms with Crippen LogP contribution in [0, 0.1) is 11.6 Å². The fourth-order valence-electron chi connectivity index (χ4n) is 3.52. The number of ether oxygens (including phenoxy) is 1. The summed E-state index contributed by atoms with van der Waals surface area (Å²) in [6.07, 6.45) is 0.740. The van der Waals surface area contributed by atoms with E-state index in [2.05, 4.69) is 10.6 Å². The lowest BCUT2D eigenvalue weighted by Crippen LogP contribution is -2.50. The zero-order valence-electron chi connectivity index (χ0n) is 15.9. The van der Waals surface area contributed by atoms with Crippen LogP contribution in [-0.2, 0) is 4.79 Å². The molecule has 0 radical (unpaired) electrons. The van der Waals surface area contributed by atoms with E-state index >= 15 is 0 Å². The van der Waals surface area contributed by atoms with E-state index in [1.807, 2.05) is 31.2 Å². The van der Waals surface area contributed by atoms with E-state index in [1.165, 1.54) is 6.07 Å². The van der Waals surface area contributed by atoms with Gasteiger partial charge < -0.3 is 15.4 Å². The van der Waals surface area contributed by atoms with E-state index in [0.717, 1.165) is 24.6 Å². The summed E-state index contributed by atoms with van der Waals surface area (Å²) in [5.74, 6) is -1.55. The molecule has 1 amide bonds. The standard InChI is InChI=1S/C21H24F2N2O2.ClH/c1-13(14-4-3-5-16(10-14)27-2)21(26)25-20-12-24-9-8-17(20)15-6-7-18(22)19(23)11-15;/h3-7,10-11,13,17,20,24H,8-9,12H2,1-2H3,(H,25,26);1H. The van der Waals surface area contributed by atoms with Gasteiger partial charge in [-0.25, -0.2) is 8.78 Å². The topological polar surface area (TPSA) is 50.4 Å². The van der Waals surface area contributed by atoms with Crippen LogP contribution in [0.3, 0.4) is 0 Å². The van der Waals surface area contributed by atoms with Gasteiger partial charge in [-0.1, -0.05) is 18.2 Å². The number of halogens is 3. The van der Waals surface area contributed by atoms with Gasteiger partial charge in [-0.2, -0.15) is 0 Å². The first-order valence-corrected chi connectivity index (χ1v) is 9.09. The van der Waals surface area contributed by atoms with Gasteiger partial charge in [0.2, 0.25) is 5.91 Å². The van der Waals surface area contributed by atoms with Crippen LogP contribution in [0.2, 0.25) is 0 Å². The summed E-state index contributed by atoms with van der Waals surface area (Å²) in [5.41, 5.74) is 1.56. The smallest absolute Gasteiger partial charge is 0.227 e. The lowest BCUT2D eigenvalue weighted by Gasteiger charge is -2.34. The molecule has 0 aromatic heterocycles. The van der Waals surface area contributed by atoms with E-state index in [-0.39, 0.29) is 36.2 Å². The van der Waals surface area contributed by atoms with Crippen LogP contribution in [-0.4, -0.2) is 32.1 Å². The van der Waals surface area contributed by atoms with Crippen molar-refractivity contribution in [3.63, 3.8) is 0 Å². The fourth-order valence-corrected chi connectivity index (χ4v) is 3.52. The Morgan fingerprint density at radius 2 is 2.00 bits per heavy atom. The summed E-state index contributed by atoms with van der Waals surface area (Å²) in [7, 11) is 1.59. The first-order chi connectivity index (χ1) is 13.0. The molecule has 0 spiro atoms. The van der Waals surface area contributed by atoms with Gasteiger partial charge in [-0.3, -0.25) is 4.79 Å². The molecule has 1 fully saturated rings. The molecular weight excluding hydrogens is 386 g/mol. The second-order valence-corrected chi connectivity index (χ2v) is 6.89. The lowest BCUT2D eigenvalue weighted by atomic mass is 9.85. The Morgan fingerprint density at radius 3 is 2.71 bits per heavy atom. The van der Waals surface area contributed by atoms with Crippen LogP contribution in [0.15, 0.2) is 42.5 Å². The van der Waals surface area contributed by atoms with Crippen molar-refractivity contribution in [3.8, 4) is 5.75 Å². The van der Waals surface area contributed by atoms with Crippen molar-refractivity contribution in [2.75, 3.05) is 20.2 Å². The molecule has 3 atom stereocenters. The predicted octanol–water partition coefficient (Wildman–Crippen LogP) is 3.76. The zero-order chi connectivity index (χ0) is 19.4. The number of methoxy groups -OCH3 is 1. The summed E-state index contributed by atoms with van der Waals surface area (Å²) >= 11 is 0. The third-order valence-corrected chi connectivity index (χ3v) is 5.17. The van der Waals surface area contributed by atoms with Crippen molar-refractivity contribution in [2.45, 2.75) is 31.2 Å². The maximum Gasteiger partial charge on any atom is 0.227 e. The quantitative estimate of drug-likeness (QED) is 0.789. The molecule has 7 heteroatoms. The van der Waals surface area contributed by atoms with E-state index in [9.17, 15) is 13.6 Å². The molecule has 4 nitrogen and oxygen atoms in total. The maximum atomic E-state index is 13.7. The zero-order valence-corrected chi connectivity index (χ0v) is 16.7. The lowest BCUT2D eigenvalue weighted by molar-refractivity contribution is -0.123. The first kappa shape index (κ1) is 22.1. The summed E-state index contributed by atoms with van der Waals surface area (Å²) in [5, 5.41) is 6.34. The molecule has 2 aromatic rings. The normalized spacial score (nSPS) is 20.0. The second-order valence-electron chi connectivity index (χ2n) is 6.89. The van der Waals surface area contributed by atoms with Crippen LogP contribution in [0.5, 0.6) is 5.75 Å². The Kier molecular flexibility index (Phi) is 7.78. The number of hydrogen-bond acceptors (Lipinski definition) is 3. The molecule has 1 heterocycles. The number of carbonyl (C=O) groups is 1. The maximum absolute atomic E-state index is 13.7. The average Bonchev–Trinajstić information content (AvgIpc) is 2.70. The Labute approximate surface area is 170 Å². The summed E-state index contributed by atoms with van der Waals surface area (Å²) in [6, 6.07) is 11.2. The Balaban J connectivity index is 0.00000280. The Morgan fingerprint density at radius 1 is 1.21 bits per heavy atom. The molecule has 3 unspecified atom stereocenters. The van der Waals surface area contributed by atoms with E-state index in [1.54, 1.807) is 13.2 Å². The molecule has 0 saturated carbocycles. The molecule has 0 aliphatic carbocycles. The minimum absolute atomic E-state index is 0. The highest BCUT2D eigenvalue weighted by molar-refractivity contribution is 5.85. The molecule has 2 N–H and O–H groups in total. The molecule has 28 heavy (non-hydrogen) atoms. The van der Waals surface area contributed by atoms with Gasteiger partial charge in [0, 0.05) is 18.5 Å². The summed E-state index contributed by atoms with van der Waals surface area (Å²) < 4.78 is 32.1. The Hall–Kier alpha value is -2.18. The van der Waals surface area contributed by atoms with Gasteiger partial charge in [0.15, 0.2) is 11.6 Å². The number of nitrogens with one attached hydrogen (secondary N) is 2. The molecular formula is C21H25ClF2N2O2. The van der Waals surface area contributed by atoms with Gasteiger partial charge in [0.1, 0.15) is 5.75 Å². The van der Waals surface area contributed by atoms with Crippen molar-refractivity contribution in [2.24, 2.45) is 0 Å². The van der Waals surface area contributed by atoms with Gasteiger partial charge in [-0.05, 0) is 55.3 Å². The molecule has 3 rings (SSSR count). The van der Waals surface area contributed by atoms with Crippen molar-refractivity contribution < 1.29 is 18.3 Å². The third-order valence-electron chi connectivity index (χ3n) is 5.17. The fraction of sp³-hybridized carbons (Fsp3) is 0.381. The number of amides is 1. The van der Waals surface area contributed by atoms with Crippen LogP contribution in [0.1, 0.15) is 36.3 Å². The highest BCUT2D eigenvalue weighted by Crippen LogP contribution is 2.28. The van der Waals surface area contributed by atoms with Crippen LogP contribution < -0.4 is 15.4 Å². The molecule has 1 aliphatic rings. The van der Waals surface area contributed by atoms with E-state index in [4.69, 9.17) is 4.74 Å². The largest absolute Gasteiger partial charge is 0.497 e.